The molecule has 1 saturated carbocycles. The lowest BCUT2D eigenvalue weighted by Crippen LogP contribution is -2.57. The average molecular weight is 353 g/mol. The Hall–Kier alpha value is -0.380. The molecule has 0 aliphatic heterocycles. The molecule has 0 radical (unpaired) electrons. The summed E-state index contributed by atoms with van der Waals surface area (Å²) in [7, 11) is 2.24. The fourth-order valence-electron chi connectivity index (χ4n) is 4.33. The second-order valence-corrected chi connectivity index (χ2v) is 8.68. The first-order chi connectivity index (χ1) is 9.76. The SMILES string of the molecule is CC1CC(C)(C)CC(CN)(N(C)Cc2ccc(Br)cc2)C1. The fraction of sp³-hybridized carbons (Fsp3) is 0.667. The van der Waals surface area contributed by atoms with Gasteiger partial charge in [0.25, 0.3) is 0 Å². The minimum Gasteiger partial charge on any atom is -0.329 e. The normalized spacial score (nSPS) is 28.8. The molecule has 2 N–H and O–H groups in total. The minimum absolute atomic E-state index is 0.133. The molecular formula is C18H29BrN2. The maximum Gasteiger partial charge on any atom is 0.0339 e. The number of nitrogens with zero attached hydrogens (tertiary/aromatic N) is 1. The molecule has 1 aromatic carbocycles. The second kappa shape index (κ2) is 6.39. The zero-order valence-electron chi connectivity index (χ0n) is 13.8. The summed E-state index contributed by atoms with van der Waals surface area (Å²) in [5, 5.41) is 0. The molecule has 1 aliphatic rings. The molecule has 0 aromatic heterocycles. The summed E-state index contributed by atoms with van der Waals surface area (Å²) in [5.74, 6) is 0.740. The molecule has 2 nitrogen and oxygen atoms in total. The quantitative estimate of drug-likeness (QED) is 0.868. The van der Waals surface area contributed by atoms with Crippen molar-refractivity contribution in [3.63, 3.8) is 0 Å². The lowest BCUT2D eigenvalue weighted by Gasteiger charge is -2.52. The Morgan fingerprint density at radius 1 is 1.24 bits per heavy atom. The Kier molecular flexibility index (Phi) is 5.17. The van der Waals surface area contributed by atoms with Gasteiger partial charge in [0.05, 0.1) is 0 Å². The number of rotatable bonds is 4. The van der Waals surface area contributed by atoms with E-state index in [4.69, 9.17) is 5.73 Å². The standard InChI is InChI=1S/C18H29BrN2/c1-14-9-17(2,3)12-18(10-14,13-20)21(4)11-15-5-7-16(19)8-6-15/h5-8,14H,9-13,20H2,1-4H3. The molecule has 21 heavy (non-hydrogen) atoms. The first-order valence-electron chi connectivity index (χ1n) is 7.92. The van der Waals surface area contributed by atoms with Gasteiger partial charge in [0.2, 0.25) is 0 Å². The fourth-order valence-corrected chi connectivity index (χ4v) is 4.60. The molecule has 1 aliphatic carbocycles. The van der Waals surface area contributed by atoms with Crippen LogP contribution in [0.25, 0.3) is 0 Å². The number of benzene rings is 1. The van der Waals surface area contributed by atoms with Crippen molar-refractivity contribution in [1.82, 2.24) is 4.90 Å². The van der Waals surface area contributed by atoms with Crippen molar-refractivity contribution in [3.8, 4) is 0 Å². The molecule has 0 saturated heterocycles. The van der Waals surface area contributed by atoms with Crippen LogP contribution in [0, 0.1) is 11.3 Å². The van der Waals surface area contributed by atoms with Gasteiger partial charge in [-0.25, -0.2) is 0 Å². The van der Waals surface area contributed by atoms with Gasteiger partial charge in [0, 0.05) is 23.1 Å². The summed E-state index contributed by atoms with van der Waals surface area (Å²) in [6, 6.07) is 8.63. The van der Waals surface area contributed by atoms with Crippen molar-refractivity contribution in [2.24, 2.45) is 17.1 Å². The van der Waals surface area contributed by atoms with Crippen LogP contribution in [0.5, 0.6) is 0 Å². The highest BCUT2D eigenvalue weighted by molar-refractivity contribution is 9.10. The van der Waals surface area contributed by atoms with Crippen LogP contribution in [0.2, 0.25) is 0 Å². The number of likely N-dealkylation sites (N-methyl/N-ethyl adjacent to an activating group) is 1. The first kappa shape index (κ1) is 17.0. The van der Waals surface area contributed by atoms with Gasteiger partial charge in [0.15, 0.2) is 0 Å². The molecule has 0 amide bonds. The Morgan fingerprint density at radius 3 is 2.38 bits per heavy atom. The van der Waals surface area contributed by atoms with Crippen LogP contribution in [-0.4, -0.2) is 24.0 Å². The van der Waals surface area contributed by atoms with Crippen LogP contribution in [0.3, 0.4) is 0 Å². The molecule has 0 spiro atoms. The van der Waals surface area contributed by atoms with E-state index in [1.165, 1.54) is 24.8 Å². The van der Waals surface area contributed by atoms with E-state index in [0.29, 0.717) is 5.41 Å². The van der Waals surface area contributed by atoms with Crippen LogP contribution >= 0.6 is 15.9 Å². The molecule has 2 atom stereocenters. The van der Waals surface area contributed by atoms with Gasteiger partial charge in [-0.05, 0) is 55.3 Å². The molecule has 0 heterocycles. The highest BCUT2D eigenvalue weighted by Crippen LogP contribution is 2.46. The van der Waals surface area contributed by atoms with Crippen molar-refractivity contribution in [1.29, 1.82) is 0 Å². The maximum absolute atomic E-state index is 6.25. The van der Waals surface area contributed by atoms with E-state index in [-0.39, 0.29) is 5.54 Å². The largest absolute Gasteiger partial charge is 0.329 e. The van der Waals surface area contributed by atoms with Gasteiger partial charge in [-0.2, -0.15) is 0 Å². The molecule has 118 valence electrons. The minimum atomic E-state index is 0.133. The topological polar surface area (TPSA) is 29.3 Å². The van der Waals surface area contributed by atoms with Crippen LogP contribution in [-0.2, 0) is 6.54 Å². The van der Waals surface area contributed by atoms with E-state index >= 15 is 0 Å². The number of nitrogens with two attached hydrogens (primary N) is 1. The van der Waals surface area contributed by atoms with Gasteiger partial charge in [-0.3, -0.25) is 4.90 Å². The van der Waals surface area contributed by atoms with Crippen LogP contribution < -0.4 is 5.73 Å². The van der Waals surface area contributed by atoms with Gasteiger partial charge in [-0.1, -0.05) is 48.8 Å². The van der Waals surface area contributed by atoms with Crippen molar-refractivity contribution < 1.29 is 0 Å². The van der Waals surface area contributed by atoms with Gasteiger partial charge in [0.1, 0.15) is 0 Å². The number of hydrogen-bond donors (Lipinski definition) is 1. The summed E-state index contributed by atoms with van der Waals surface area (Å²) in [4.78, 5) is 2.49. The van der Waals surface area contributed by atoms with Gasteiger partial charge in [-0.15, -0.1) is 0 Å². The Morgan fingerprint density at radius 2 is 1.86 bits per heavy atom. The highest BCUT2D eigenvalue weighted by Gasteiger charge is 2.44. The smallest absolute Gasteiger partial charge is 0.0339 e. The van der Waals surface area contributed by atoms with E-state index < -0.39 is 0 Å². The predicted molar refractivity (Wildman–Crippen MR) is 94.2 cm³/mol. The lowest BCUT2D eigenvalue weighted by molar-refractivity contribution is -0.00113. The summed E-state index contributed by atoms with van der Waals surface area (Å²) in [5.41, 5.74) is 8.12. The van der Waals surface area contributed by atoms with E-state index in [1.54, 1.807) is 0 Å². The predicted octanol–water partition coefficient (Wildman–Crippen LogP) is 4.42. The summed E-state index contributed by atoms with van der Waals surface area (Å²) in [6.07, 6.45) is 3.70. The molecular weight excluding hydrogens is 324 g/mol. The second-order valence-electron chi connectivity index (χ2n) is 7.77. The summed E-state index contributed by atoms with van der Waals surface area (Å²) < 4.78 is 1.13. The van der Waals surface area contributed by atoms with Crippen LogP contribution in [0.15, 0.2) is 28.7 Å². The maximum atomic E-state index is 6.25. The zero-order valence-corrected chi connectivity index (χ0v) is 15.4. The van der Waals surface area contributed by atoms with E-state index in [2.05, 4.69) is 72.9 Å². The molecule has 0 bridgehead atoms. The Bertz CT molecular complexity index is 469. The van der Waals surface area contributed by atoms with Gasteiger partial charge >= 0.3 is 0 Å². The average Bonchev–Trinajstić information content (AvgIpc) is 2.38. The molecule has 2 rings (SSSR count). The first-order valence-corrected chi connectivity index (χ1v) is 8.71. The van der Waals surface area contributed by atoms with Crippen LogP contribution in [0.1, 0.15) is 45.6 Å². The van der Waals surface area contributed by atoms with Crippen molar-refractivity contribution in [3.05, 3.63) is 34.3 Å². The molecule has 2 unspecified atom stereocenters. The molecule has 1 aromatic rings. The van der Waals surface area contributed by atoms with Crippen LogP contribution in [0.4, 0.5) is 0 Å². The van der Waals surface area contributed by atoms with E-state index in [9.17, 15) is 0 Å². The van der Waals surface area contributed by atoms with Gasteiger partial charge < -0.3 is 5.73 Å². The van der Waals surface area contributed by atoms with Crippen molar-refractivity contribution >= 4 is 15.9 Å². The Labute approximate surface area is 138 Å². The van der Waals surface area contributed by atoms with E-state index in [0.717, 1.165) is 23.5 Å². The summed E-state index contributed by atoms with van der Waals surface area (Å²) >= 11 is 3.50. The lowest BCUT2D eigenvalue weighted by atomic mass is 9.63. The third-order valence-corrected chi connectivity index (χ3v) is 5.49. The monoisotopic (exact) mass is 352 g/mol. The highest BCUT2D eigenvalue weighted by atomic mass is 79.9. The molecule has 1 fully saturated rings. The van der Waals surface area contributed by atoms with Crippen molar-refractivity contribution in [2.75, 3.05) is 13.6 Å². The van der Waals surface area contributed by atoms with Crippen molar-refractivity contribution in [2.45, 2.75) is 52.1 Å². The number of hydrogen-bond acceptors (Lipinski definition) is 2. The zero-order chi connectivity index (χ0) is 15.7. The number of halogens is 1. The third-order valence-electron chi connectivity index (χ3n) is 4.96. The Balaban J connectivity index is 2.17. The third kappa shape index (κ3) is 4.08. The molecule has 3 heteroatoms. The van der Waals surface area contributed by atoms with E-state index in [1.807, 2.05) is 0 Å². The summed E-state index contributed by atoms with van der Waals surface area (Å²) in [6.45, 7) is 8.86.